The highest BCUT2D eigenvalue weighted by Gasteiger charge is 2.19. The molecular formula is C6H14ClNO4S. The summed E-state index contributed by atoms with van der Waals surface area (Å²) < 4.78 is 27.8. The van der Waals surface area contributed by atoms with Crippen molar-refractivity contribution in [2.75, 3.05) is 32.5 Å². The number of hydrogen-bond donors (Lipinski definition) is 1. The highest BCUT2D eigenvalue weighted by Crippen LogP contribution is 2.01. The summed E-state index contributed by atoms with van der Waals surface area (Å²) in [6, 6.07) is 0. The van der Waals surface area contributed by atoms with Crippen molar-refractivity contribution in [3.63, 3.8) is 0 Å². The molecule has 0 rings (SSSR count). The molecule has 0 bridgehead atoms. The van der Waals surface area contributed by atoms with Gasteiger partial charge in [0.25, 0.3) is 0 Å². The van der Waals surface area contributed by atoms with Crippen LogP contribution in [0.2, 0.25) is 0 Å². The minimum Gasteiger partial charge on any atom is -0.389 e. The summed E-state index contributed by atoms with van der Waals surface area (Å²) in [6.07, 6.45) is -0.826. The van der Waals surface area contributed by atoms with Crippen LogP contribution in [0.25, 0.3) is 0 Å². The maximum absolute atomic E-state index is 11.1. The van der Waals surface area contributed by atoms with E-state index in [9.17, 15) is 13.5 Å². The van der Waals surface area contributed by atoms with Gasteiger partial charge in [-0.05, 0) is 0 Å². The second kappa shape index (κ2) is 5.77. The van der Waals surface area contributed by atoms with Gasteiger partial charge in [-0.1, -0.05) is 0 Å². The number of sulfonamides is 1. The number of methoxy groups -OCH3 is 1. The van der Waals surface area contributed by atoms with Gasteiger partial charge in [-0.15, -0.1) is 11.6 Å². The lowest BCUT2D eigenvalue weighted by molar-refractivity contribution is 0.0555. The molecule has 0 saturated heterocycles. The van der Waals surface area contributed by atoms with Crippen LogP contribution in [0.5, 0.6) is 0 Å². The van der Waals surface area contributed by atoms with Gasteiger partial charge in [0.15, 0.2) is 0 Å². The van der Waals surface area contributed by atoms with E-state index in [-0.39, 0.29) is 13.2 Å². The Bertz CT molecular complexity index is 231. The van der Waals surface area contributed by atoms with Gasteiger partial charge in [0, 0.05) is 20.7 Å². The summed E-state index contributed by atoms with van der Waals surface area (Å²) >= 11 is 5.21. The summed E-state index contributed by atoms with van der Waals surface area (Å²) in [5, 5.41) is 8.72. The molecule has 0 aliphatic rings. The fourth-order valence-corrected chi connectivity index (χ4v) is 1.80. The number of rotatable bonds is 6. The number of nitrogens with zero attached hydrogens (tertiary/aromatic N) is 1. The Morgan fingerprint density at radius 1 is 1.62 bits per heavy atom. The van der Waals surface area contributed by atoms with E-state index < -0.39 is 21.3 Å². The number of aliphatic hydroxyl groups excluding tert-OH is 1. The van der Waals surface area contributed by atoms with Crippen LogP contribution in [0.3, 0.4) is 0 Å². The molecule has 1 unspecified atom stereocenters. The Hall–Kier alpha value is 0.120. The zero-order valence-electron chi connectivity index (χ0n) is 7.60. The van der Waals surface area contributed by atoms with Crippen LogP contribution in [0.1, 0.15) is 0 Å². The molecule has 1 atom stereocenters. The van der Waals surface area contributed by atoms with E-state index in [1.807, 2.05) is 0 Å². The smallest absolute Gasteiger partial charge is 0.227 e. The molecule has 0 aromatic rings. The first kappa shape index (κ1) is 13.1. The third-order valence-corrected chi connectivity index (χ3v) is 3.64. The van der Waals surface area contributed by atoms with Crippen molar-refractivity contribution in [3.8, 4) is 0 Å². The molecule has 7 heteroatoms. The Morgan fingerprint density at radius 3 is 2.54 bits per heavy atom. The molecule has 0 saturated carbocycles. The number of hydrogen-bond acceptors (Lipinski definition) is 4. The first-order valence-corrected chi connectivity index (χ1v) is 5.75. The van der Waals surface area contributed by atoms with Gasteiger partial charge in [-0.2, -0.15) is 0 Å². The van der Waals surface area contributed by atoms with Crippen molar-refractivity contribution in [2.24, 2.45) is 0 Å². The van der Waals surface area contributed by atoms with Gasteiger partial charge in [0.1, 0.15) is 5.21 Å². The minimum atomic E-state index is -3.43. The SMILES string of the molecule is COCC(O)CN(C)S(=O)(=O)CCl. The number of ether oxygens (including phenoxy) is 1. The monoisotopic (exact) mass is 231 g/mol. The van der Waals surface area contributed by atoms with E-state index >= 15 is 0 Å². The summed E-state index contributed by atoms with van der Waals surface area (Å²) in [4.78, 5) is 0. The van der Waals surface area contributed by atoms with E-state index in [1.54, 1.807) is 0 Å². The molecule has 0 spiro atoms. The van der Waals surface area contributed by atoms with Gasteiger partial charge in [-0.25, -0.2) is 12.7 Å². The molecule has 0 heterocycles. The third-order valence-electron chi connectivity index (χ3n) is 1.44. The Labute approximate surface area is 83.3 Å². The molecule has 0 radical (unpaired) electrons. The van der Waals surface area contributed by atoms with Crippen molar-refractivity contribution in [2.45, 2.75) is 6.10 Å². The van der Waals surface area contributed by atoms with Crippen molar-refractivity contribution in [1.29, 1.82) is 0 Å². The topological polar surface area (TPSA) is 66.8 Å². The van der Waals surface area contributed by atoms with Crippen LogP contribution in [-0.2, 0) is 14.8 Å². The maximum atomic E-state index is 11.1. The molecule has 0 aliphatic heterocycles. The van der Waals surface area contributed by atoms with E-state index in [0.29, 0.717) is 0 Å². The molecule has 5 nitrogen and oxygen atoms in total. The van der Waals surface area contributed by atoms with Crippen LogP contribution >= 0.6 is 11.6 Å². The second-order valence-corrected chi connectivity index (χ2v) is 5.27. The van der Waals surface area contributed by atoms with Crippen molar-refractivity contribution in [1.82, 2.24) is 4.31 Å². The Kier molecular flexibility index (Phi) is 5.82. The van der Waals surface area contributed by atoms with Crippen LogP contribution in [0, 0.1) is 0 Å². The van der Waals surface area contributed by atoms with E-state index in [4.69, 9.17) is 11.6 Å². The van der Waals surface area contributed by atoms with E-state index in [0.717, 1.165) is 4.31 Å². The predicted octanol–water partition coefficient (Wildman–Crippen LogP) is -0.548. The zero-order valence-corrected chi connectivity index (χ0v) is 9.18. The highest BCUT2D eigenvalue weighted by molar-refractivity contribution is 7.90. The fourth-order valence-electron chi connectivity index (χ4n) is 0.739. The summed E-state index contributed by atoms with van der Waals surface area (Å²) in [6.45, 7) is 0.0883. The van der Waals surface area contributed by atoms with Gasteiger partial charge in [0.05, 0.1) is 12.7 Å². The van der Waals surface area contributed by atoms with Crippen LogP contribution in [-0.4, -0.2) is 56.5 Å². The van der Waals surface area contributed by atoms with Gasteiger partial charge in [-0.3, -0.25) is 0 Å². The number of alkyl halides is 1. The van der Waals surface area contributed by atoms with Gasteiger partial charge < -0.3 is 9.84 Å². The van der Waals surface area contributed by atoms with E-state index in [1.165, 1.54) is 14.2 Å². The summed E-state index contributed by atoms with van der Waals surface area (Å²) in [5.74, 6) is 0. The second-order valence-electron chi connectivity index (χ2n) is 2.61. The molecule has 1 N–H and O–H groups in total. The van der Waals surface area contributed by atoms with Crippen molar-refractivity contribution >= 4 is 21.6 Å². The lowest BCUT2D eigenvalue weighted by Crippen LogP contribution is -2.36. The number of likely N-dealkylation sites (N-methyl/N-ethyl adjacent to an activating group) is 1. The lowest BCUT2D eigenvalue weighted by atomic mass is 10.4. The quantitative estimate of drug-likeness (QED) is 0.623. The molecule has 0 aromatic heterocycles. The lowest BCUT2D eigenvalue weighted by Gasteiger charge is -2.18. The summed E-state index contributed by atoms with van der Waals surface area (Å²) in [7, 11) is -0.641. The van der Waals surface area contributed by atoms with Gasteiger partial charge >= 0.3 is 0 Å². The molecule has 0 aliphatic carbocycles. The predicted molar refractivity (Wildman–Crippen MR) is 50.2 cm³/mol. The van der Waals surface area contributed by atoms with Crippen LogP contribution in [0.15, 0.2) is 0 Å². The average molecular weight is 232 g/mol. The number of halogens is 1. The molecule has 80 valence electrons. The van der Waals surface area contributed by atoms with E-state index in [2.05, 4.69) is 4.74 Å². The molecular weight excluding hydrogens is 218 g/mol. The first-order valence-electron chi connectivity index (χ1n) is 3.61. The molecule has 0 fully saturated rings. The number of aliphatic hydroxyl groups is 1. The Balaban J connectivity index is 4.07. The first-order chi connectivity index (χ1) is 5.94. The Morgan fingerprint density at radius 2 is 2.15 bits per heavy atom. The molecule has 13 heavy (non-hydrogen) atoms. The zero-order chi connectivity index (χ0) is 10.5. The standard InChI is InChI=1S/C6H14ClNO4S/c1-8(13(10,11)5-7)3-6(9)4-12-2/h6,9H,3-5H2,1-2H3. The third kappa shape index (κ3) is 4.78. The van der Waals surface area contributed by atoms with Crippen LogP contribution < -0.4 is 0 Å². The van der Waals surface area contributed by atoms with Crippen molar-refractivity contribution < 1.29 is 18.3 Å². The minimum absolute atomic E-state index is 0.0110. The molecule has 0 amide bonds. The van der Waals surface area contributed by atoms with Crippen molar-refractivity contribution in [3.05, 3.63) is 0 Å². The highest BCUT2D eigenvalue weighted by atomic mass is 35.5. The average Bonchev–Trinajstić information content (AvgIpc) is 2.04. The summed E-state index contributed by atoms with van der Waals surface area (Å²) in [5.41, 5.74) is 0. The fraction of sp³-hybridized carbons (Fsp3) is 1.00. The van der Waals surface area contributed by atoms with Crippen LogP contribution in [0.4, 0.5) is 0 Å². The van der Waals surface area contributed by atoms with Gasteiger partial charge in [0.2, 0.25) is 10.0 Å². The molecule has 0 aromatic carbocycles. The maximum Gasteiger partial charge on any atom is 0.227 e. The normalized spacial score (nSPS) is 14.8. The largest absolute Gasteiger partial charge is 0.389 e.